The van der Waals surface area contributed by atoms with E-state index in [0.29, 0.717) is 30.5 Å². The number of unbranched alkanes of at least 4 members (excludes halogenated alkanes) is 1. The molecular weight excluding hydrogens is 388 g/mol. The molecule has 0 aliphatic heterocycles. The molecule has 0 spiro atoms. The zero-order chi connectivity index (χ0) is 23.9. The van der Waals surface area contributed by atoms with Gasteiger partial charge >= 0.3 is 5.97 Å². The van der Waals surface area contributed by atoms with Crippen LogP contribution in [-0.4, -0.2) is 30.1 Å². The Balaban J connectivity index is 0.00000212. The van der Waals surface area contributed by atoms with Gasteiger partial charge in [0.15, 0.2) is 0 Å². The van der Waals surface area contributed by atoms with E-state index in [1.165, 1.54) is 13.5 Å². The molecule has 0 heterocycles. The highest BCUT2D eigenvalue weighted by molar-refractivity contribution is 5.84. The maximum Gasteiger partial charge on any atom is 0.305 e. The second-order valence-electron chi connectivity index (χ2n) is 9.05. The fourth-order valence-electron chi connectivity index (χ4n) is 4.84. The Morgan fingerprint density at radius 2 is 1.84 bits per heavy atom. The molecule has 0 bridgehead atoms. The fraction of sp³-hybridized carbons (Fsp3) is 0.852. The molecule has 2 rings (SSSR count). The van der Waals surface area contributed by atoms with Crippen molar-refractivity contribution in [1.82, 2.24) is 0 Å². The smallest absolute Gasteiger partial charge is 0.305 e. The highest BCUT2D eigenvalue weighted by Gasteiger charge is 2.40. The summed E-state index contributed by atoms with van der Waals surface area (Å²) >= 11 is 0. The number of aliphatic hydroxyl groups is 1. The Hall–Kier alpha value is -1.16. The molecule has 0 saturated heterocycles. The van der Waals surface area contributed by atoms with Gasteiger partial charge in [-0.3, -0.25) is 9.59 Å². The molecule has 1 unspecified atom stereocenters. The minimum atomic E-state index is -0.188. The average Bonchev–Trinajstić information content (AvgIpc) is 3.03. The summed E-state index contributed by atoms with van der Waals surface area (Å²) in [7, 11) is 1.41. The number of Topliss-reactive ketones (excluding diaryl/α,β-unsaturated/α-hetero) is 1. The number of rotatable bonds is 11. The van der Waals surface area contributed by atoms with Crippen molar-refractivity contribution in [3.63, 3.8) is 0 Å². The van der Waals surface area contributed by atoms with Crippen LogP contribution in [0.3, 0.4) is 0 Å². The van der Waals surface area contributed by atoms with E-state index in [9.17, 15) is 14.7 Å². The van der Waals surface area contributed by atoms with E-state index in [1.54, 1.807) is 0 Å². The van der Waals surface area contributed by atoms with Crippen molar-refractivity contribution in [1.29, 1.82) is 0 Å². The van der Waals surface area contributed by atoms with Crippen LogP contribution in [0, 0.1) is 23.2 Å². The van der Waals surface area contributed by atoms with Gasteiger partial charge in [-0.25, -0.2) is 0 Å². The largest absolute Gasteiger partial charge is 0.469 e. The summed E-state index contributed by atoms with van der Waals surface area (Å²) in [5.41, 5.74) is 0.142. The molecule has 2 saturated carbocycles. The van der Waals surface area contributed by atoms with Gasteiger partial charge in [0.1, 0.15) is 5.78 Å². The molecule has 182 valence electrons. The summed E-state index contributed by atoms with van der Waals surface area (Å²) in [6.07, 6.45) is 14.1. The van der Waals surface area contributed by atoms with Gasteiger partial charge in [0.2, 0.25) is 0 Å². The predicted octanol–water partition coefficient (Wildman–Crippen LogP) is 6.89. The second kappa shape index (κ2) is 16.5. The molecule has 0 aromatic rings. The van der Waals surface area contributed by atoms with Crippen molar-refractivity contribution in [2.24, 2.45) is 23.2 Å². The molecule has 4 atom stereocenters. The number of esters is 1. The first-order valence-corrected chi connectivity index (χ1v) is 12.8. The third-order valence-corrected chi connectivity index (χ3v) is 7.04. The van der Waals surface area contributed by atoms with E-state index in [-0.39, 0.29) is 23.4 Å². The number of ketones is 1. The number of allylic oxidation sites excluding steroid dienone is 2. The first-order valence-electron chi connectivity index (χ1n) is 12.8. The molecule has 2 fully saturated rings. The Bertz CT molecular complexity index is 521. The summed E-state index contributed by atoms with van der Waals surface area (Å²) in [6.45, 7) is 12.4. The monoisotopic (exact) mass is 438 g/mol. The average molecular weight is 439 g/mol. The lowest BCUT2D eigenvalue weighted by Crippen LogP contribution is -2.38. The lowest BCUT2D eigenvalue weighted by molar-refractivity contribution is -0.140. The van der Waals surface area contributed by atoms with Crippen LogP contribution < -0.4 is 0 Å². The lowest BCUT2D eigenvalue weighted by Gasteiger charge is -2.42. The van der Waals surface area contributed by atoms with Crippen LogP contribution in [0.2, 0.25) is 0 Å². The van der Waals surface area contributed by atoms with E-state index >= 15 is 0 Å². The summed E-state index contributed by atoms with van der Waals surface area (Å²) in [5.74, 6) is 1.26. The lowest BCUT2D eigenvalue weighted by atomic mass is 9.65. The minimum Gasteiger partial charge on any atom is -0.469 e. The zero-order valence-electron chi connectivity index (χ0n) is 21.4. The van der Waals surface area contributed by atoms with Gasteiger partial charge in [-0.2, -0.15) is 0 Å². The highest BCUT2D eigenvalue weighted by Crippen LogP contribution is 2.45. The predicted molar refractivity (Wildman–Crippen MR) is 130 cm³/mol. The van der Waals surface area contributed by atoms with Crippen LogP contribution >= 0.6 is 0 Å². The highest BCUT2D eigenvalue weighted by atomic mass is 16.5. The van der Waals surface area contributed by atoms with Gasteiger partial charge in [-0.1, -0.05) is 66.5 Å². The van der Waals surface area contributed by atoms with Crippen molar-refractivity contribution < 1.29 is 19.4 Å². The number of hydrogen-bond donors (Lipinski definition) is 1. The molecule has 1 N–H and O–H groups in total. The molecule has 2 aliphatic carbocycles. The summed E-state index contributed by atoms with van der Waals surface area (Å²) in [5, 5.41) is 10.5. The van der Waals surface area contributed by atoms with Crippen LogP contribution in [0.1, 0.15) is 112 Å². The second-order valence-corrected chi connectivity index (χ2v) is 9.05. The standard InChI is InChI=1S/C23H38O4.2C2H6/c1-17-16-20(24)19(10-6-4-5-7-13-22(26)27-3)18(17)11-8-12-21(25)23(2)14-9-15-23;2*1-2/h4,6,17-19,21,25H,5,7-16H2,1-3H3;2*1-2H3/b6-4-;;/t17-,18+,19-,21?;;/m1../s1. The SMILES string of the molecule is CC.CC.COC(=O)CCC/C=C\C[C@H]1C(=O)C[C@@H](C)[C@@H]1CCCC(O)C1(C)CCC1. The Morgan fingerprint density at radius 3 is 2.39 bits per heavy atom. The summed E-state index contributed by atoms with van der Waals surface area (Å²) in [4.78, 5) is 23.5. The van der Waals surface area contributed by atoms with E-state index in [0.717, 1.165) is 51.4 Å². The van der Waals surface area contributed by atoms with E-state index < -0.39 is 0 Å². The maximum absolute atomic E-state index is 12.4. The molecule has 2 aliphatic rings. The van der Waals surface area contributed by atoms with Crippen molar-refractivity contribution in [3.05, 3.63) is 12.2 Å². The zero-order valence-corrected chi connectivity index (χ0v) is 21.4. The summed E-state index contributed by atoms with van der Waals surface area (Å²) < 4.78 is 4.64. The van der Waals surface area contributed by atoms with Crippen LogP contribution in [-0.2, 0) is 14.3 Å². The number of ether oxygens (including phenoxy) is 1. The third-order valence-electron chi connectivity index (χ3n) is 7.04. The van der Waals surface area contributed by atoms with Gasteiger partial charge in [-0.05, 0) is 62.2 Å². The first-order chi connectivity index (χ1) is 14.9. The Morgan fingerprint density at radius 1 is 1.19 bits per heavy atom. The van der Waals surface area contributed by atoms with Crippen LogP contribution in [0.5, 0.6) is 0 Å². The number of methoxy groups -OCH3 is 1. The Kier molecular flexibility index (Phi) is 15.9. The molecule has 0 radical (unpaired) electrons. The molecule has 0 amide bonds. The van der Waals surface area contributed by atoms with Gasteiger partial charge in [-0.15, -0.1) is 0 Å². The van der Waals surface area contributed by atoms with E-state index in [2.05, 4.69) is 30.7 Å². The molecule has 0 aromatic carbocycles. The molecule has 4 nitrogen and oxygen atoms in total. The van der Waals surface area contributed by atoms with Crippen molar-refractivity contribution in [3.8, 4) is 0 Å². The van der Waals surface area contributed by atoms with Crippen molar-refractivity contribution in [2.45, 2.75) is 118 Å². The number of carbonyl (C=O) groups excluding carboxylic acids is 2. The van der Waals surface area contributed by atoms with Crippen LogP contribution in [0.15, 0.2) is 12.2 Å². The maximum atomic E-state index is 12.4. The molecule has 0 aromatic heterocycles. The van der Waals surface area contributed by atoms with Crippen LogP contribution in [0.4, 0.5) is 0 Å². The topological polar surface area (TPSA) is 63.6 Å². The van der Waals surface area contributed by atoms with Gasteiger partial charge in [0, 0.05) is 18.8 Å². The number of hydrogen-bond acceptors (Lipinski definition) is 4. The molecular formula is C27H50O4. The van der Waals surface area contributed by atoms with Gasteiger partial charge in [0.25, 0.3) is 0 Å². The fourth-order valence-corrected chi connectivity index (χ4v) is 4.84. The van der Waals surface area contributed by atoms with Crippen molar-refractivity contribution in [2.75, 3.05) is 7.11 Å². The first kappa shape index (κ1) is 29.8. The minimum absolute atomic E-state index is 0.133. The van der Waals surface area contributed by atoms with Gasteiger partial charge in [0.05, 0.1) is 13.2 Å². The summed E-state index contributed by atoms with van der Waals surface area (Å²) in [6, 6.07) is 0. The van der Waals surface area contributed by atoms with E-state index in [4.69, 9.17) is 0 Å². The van der Waals surface area contributed by atoms with Gasteiger partial charge < -0.3 is 9.84 Å². The molecule has 31 heavy (non-hydrogen) atoms. The van der Waals surface area contributed by atoms with Crippen LogP contribution in [0.25, 0.3) is 0 Å². The Labute approximate surface area is 192 Å². The quantitative estimate of drug-likeness (QED) is 0.217. The number of aliphatic hydroxyl groups excluding tert-OH is 1. The normalized spacial score (nSPS) is 25.0. The third kappa shape index (κ3) is 9.89. The molecule has 4 heteroatoms. The number of carbonyl (C=O) groups is 2. The van der Waals surface area contributed by atoms with E-state index in [1.807, 2.05) is 27.7 Å². The van der Waals surface area contributed by atoms with Crippen molar-refractivity contribution >= 4 is 11.8 Å².